The molecule has 0 spiro atoms. The first kappa shape index (κ1) is 18.3. The predicted octanol–water partition coefficient (Wildman–Crippen LogP) is 5.34. The molecule has 0 fully saturated rings. The normalized spacial score (nSPS) is 10.9. The number of benzene rings is 1. The number of hydrogen-bond acceptors (Lipinski definition) is 2. The Kier molecular flexibility index (Phi) is 5.89. The Morgan fingerprint density at radius 3 is 2.46 bits per heavy atom. The molecule has 0 aliphatic carbocycles. The van der Waals surface area contributed by atoms with Crippen LogP contribution in [0.2, 0.25) is 0 Å². The molecule has 0 aliphatic heterocycles. The van der Waals surface area contributed by atoms with Gasteiger partial charge in [-0.2, -0.15) is 0 Å². The van der Waals surface area contributed by atoms with Gasteiger partial charge in [0.25, 0.3) is 0 Å². The number of aromatic nitrogens is 2. The van der Waals surface area contributed by atoms with E-state index in [1.807, 2.05) is 12.3 Å². The summed E-state index contributed by atoms with van der Waals surface area (Å²) in [7, 11) is 0. The number of anilines is 1. The van der Waals surface area contributed by atoms with E-state index >= 15 is 0 Å². The van der Waals surface area contributed by atoms with Gasteiger partial charge in [-0.25, -0.2) is 4.98 Å². The van der Waals surface area contributed by atoms with E-state index in [4.69, 9.17) is 0 Å². The van der Waals surface area contributed by atoms with Crippen molar-refractivity contribution >= 4 is 29.1 Å². The first-order valence-electron chi connectivity index (χ1n) is 8.30. The van der Waals surface area contributed by atoms with Crippen molar-refractivity contribution in [2.75, 3.05) is 5.32 Å². The van der Waals surface area contributed by atoms with Crippen molar-refractivity contribution in [2.24, 2.45) is 5.92 Å². The average molecular weight is 344 g/mol. The molecule has 2 heterocycles. The van der Waals surface area contributed by atoms with E-state index in [0.717, 1.165) is 18.9 Å². The lowest BCUT2D eigenvalue weighted by atomic mass is 10.2. The van der Waals surface area contributed by atoms with Crippen LogP contribution >= 0.6 is 12.4 Å². The smallest absolute Gasteiger partial charge is 0.150 e. The zero-order valence-corrected chi connectivity index (χ0v) is 15.7. The molecule has 24 heavy (non-hydrogen) atoms. The van der Waals surface area contributed by atoms with E-state index in [1.165, 1.54) is 27.7 Å². The second-order valence-corrected chi connectivity index (χ2v) is 6.61. The van der Waals surface area contributed by atoms with Gasteiger partial charge in [-0.1, -0.05) is 44.2 Å². The molecule has 3 aromatic rings. The molecule has 0 bridgehead atoms. The Hall–Kier alpha value is -2.00. The summed E-state index contributed by atoms with van der Waals surface area (Å²) in [5, 5.41) is 4.83. The van der Waals surface area contributed by atoms with Crippen LogP contribution in [0.1, 0.15) is 30.7 Å². The summed E-state index contributed by atoms with van der Waals surface area (Å²) < 4.78 is 2.41. The lowest BCUT2D eigenvalue weighted by Gasteiger charge is -2.14. The second kappa shape index (κ2) is 7.71. The van der Waals surface area contributed by atoms with Crippen molar-refractivity contribution in [2.45, 2.75) is 40.8 Å². The van der Waals surface area contributed by atoms with Gasteiger partial charge >= 0.3 is 0 Å². The van der Waals surface area contributed by atoms with E-state index in [2.05, 4.69) is 72.9 Å². The molecule has 0 amide bonds. The molecule has 0 saturated heterocycles. The van der Waals surface area contributed by atoms with Crippen molar-refractivity contribution < 1.29 is 0 Å². The fourth-order valence-corrected chi connectivity index (χ4v) is 3.10. The Morgan fingerprint density at radius 1 is 1.08 bits per heavy atom. The first-order valence-corrected chi connectivity index (χ1v) is 8.30. The summed E-state index contributed by atoms with van der Waals surface area (Å²) in [4.78, 5) is 4.61. The number of nitrogens with one attached hydrogen (secondary N) is 1. The zero-order chi connectivity index (χ0) is 16.4. The highest BCUT2D eigenvalue weighted by Gasteiger charge is 2.15. The van der Waals surface area contributed by atoms with Crippen LogP contribution in [-0.2, 0) is 13.1 Å². The molecule has 2 aromatic heterocycles. The van der Waals surface area contributed by atoms with Gasteiger partial charge in [0.1, 0.15) is 0 Å². The monoisotopic (exact) mass is 343 g/mol. The molecule has 3 nitrogen and oxygen atoms in total. The van der Waals surface area contributed by atoms with Crippen LogP contribution in [0.4, 0.5) is 5.82 Å². The van der Waals surface area contributed by atoms with E-state index in [9.17, 15) is 0 Å². The number of aryl methyl sites for hydroxylation is 1. The van der Waals surface area contributed by atoms with Gasteiger partial charge in [0.2, 0.25) is 0 Å². The van der Waals surface area contributed by atoms with Gasteiger partial charge in [0.05, 0.1) is 5.52 Å². The van der Waals surface area contributed by atoms with Gasteiger partial charge in [0.15, 0.2) is 5.82 Å². The second-order valence-electron chi connectivity index (χ2n) is 6.61. The van der Waals surface area contributed by atoms with Gasteiger partial charge in [0, 0.05) is 30.4 Å². The van der Waals surface area contributed by atoms with Crippen LogP contribution in [0.25, 0.3) is 10.9 Å². The third kappa shape index (κ3) is 3.57. The van der Waals surface area contributed by atoms with Crippen LogP contribution in [0.15, 0.2) is 42.6 Å². The average Bonchev–Trinajstić information content (AvgIpc) is 2.79. The highest BCUT2D eigenvalue weighted by Crippen LogP contribution is 2.30. The van der Waals surface area contributed by atoms with Crippen molar-refractivity contribution in [1.29, 1.82) is 0 Å². The highest BCUT2D eigenvalue weighted by molar-refractivity contribution is 5.93. The largest absolute Gasteiger partial charge is 0.364 e. The van der Waals surface area contributed by atoms with Crippen LogP contribution in [0.5, 0.6) is 0 Å². The van der Waals surface area contributed by atoms with Crippen molar-refractivity contribution in [3.8, 4) is 0 Å². The lowest BCUT2D eigenvalue weighted by molar-refractivity contribution is 0.527. The van der Waals surface area contributed by atoms with Gasteiger partial charge in [-0.15, -0.1) is 12.4 Å². The summed E-state index contributed by atoms with van der Waals surface area (Å²) in [6, 6.07) is 12.6. The number of pyridine rings is 1. The molecular weight excluding hydrogens is 318 g/mol. The minimum absolute atomic E-state index is 0. The van der Waals surface area contributed by atoms with Crippen LogP contribution in [-0.4, -0.2) is 9.55 Å². The molecule has 0 atom stereocenters. The number of rotatable bonds is 5. The molecule has 4 heteroatoms. The number of hydrogen-bond donors (Lipinski definition) is 1. The quantitative estimate of drug-likeness (QED) is 0.677. The van der Waals surface area contributed by atoms with E-state index < -0.39 is 0 Å². The molecule has 3 rings (SSSR count). The minimum atomic E-state index is 0. The molecule has 128 valence electrons. The van der Waals surface area contributed by atoms with Crippen LogP contribution < -0.4 is 5.32 Å². The summed E-state index contributed by atoms with van der Waals surface area (Å²) >= 11 is 0. The first-order chi connectivity index (χ1) is 11.1. The zero-order valence-electron chi connectivity index (χ0n) is 14.8. The third-order valence-electron chi connectivity index (χ3n) is 4.40. The minimum Gasteiger partial charge on any atom is -0.364 e. The van der Waals surface area contributed by atoms with Crippen LogP contribution in [0, 0.1) is 19.8 Å². The fourth-order valence-electron chi connectivity index (χ4n) is 3.10. The maximum Gasteiger partial charge on any atom is 0.150 e. The maximum atomic E-state index is 4.61. The van der Waals surface area contributed by atoms with Crippen molar-refractivity contribution in [3.63, 3.8) is 0 Å². The van der Waals surface area contributed by atoms with Gasteiger partial charge < -0.3 is 9.88 Å². The topological polar surface area (TPSA) is 29.9 Å². The van der Waals surface area contributed by atoms with E-state index in [-0.39, 0.29) is 12.4 Å². The number of halogens is 1. The molecular formula is C20H26ClN3. The highest BCUT2D eigenvalue weighted by atomic mass is 35.5. The van der Waals surface area contributed by atoms with Gasteiger partial charge in [-0.05, 0) is 37.0 Å². The molecule has 0 radical (unpaired) electrons. The Balaban J connectivity index is 0.00000208. The molecule has 1 N–H and O–H groups in total. The summed E-state index contributed by atoms with van der Waals surface area (Å²) in [6.45, 7) is 10.7. The van der Waals surface area contributed by atoms with Crippen molar-refractivity contribution in [3.05, 3.63) is 59.4 Å². The van der Waals surface area contributed by atoms with E-state index in [1.54, 1.807) is 0 Å². The summed E-state index contributed by atoms with van der Waals surface area (Å²) in [5.41, 5.74) is 5.18. The molecule has 0 unspecified atom stereocenters. The standard InChI is InChI=1S/C20H25N3.ClH/c1-14(2)13-23-16(4)15(3)18-10-11-21-20(19(18)23)22-12-17-8-6-5-7-9-17;/h5-11,14H,12-13H2,1-4H3,(H,21,22);1H. The maximum absolute atomic E-state index is 4.61. The summed E-state index contributed by atoms with van der Waals surface area (Å²) in [5.74, 6) is 1.58. The third-order valence-corrected chi connectivity index (χ3v) is 4.40. The predicted molar refractivity (Wildman–Crippen MR) is 105 cm³/mol. The molecule has 0 saturated carbocycles. The summed E-state index contributed by atoms with van der Waals surface area (Å²) in [6.07, 6.45) is 1.90. The van der Waals surface area contributed by atoms with Crippen LogP contribution in [0.3, 0.4) is 0 Å². The Labute approximate surface area is 150 Å². The fraction of sp³-hybridized carbons (Fsp3) is 0.350. The Morgan fingerprint density at radius 2 is 1.79 bits per heavy atom. The Bertz CT molecular complexity index is 807. The van der Waals surface area contributed by atoms with Crippen molar-refractivity contribution in [1.82, 2.24) is 9.55 Å². The van der Waals surface area contributed by atoms with Gasteiger partial charge in [-0.3, -0.25) is 0 Å². The molecule has 0 aliphatic rings. The molecule has 1 aromatic carbocycles. The lowest BCUT2D eigenvalue weighted by Crippen LogP contribution is -2.09. The number of nitrogens with zero attached hydrogens (tertiary/aromatic N) is 2. The SMILES string of the molecule is Cc1c(C)n(CC(C)C)c2c(NCc3ccccc3)nccc12.Cl. The number of fused-ring (bicyclic) bond motifs is 1. The van der Waals surface area contributed by atoms with E-state index in [0.29, 0.717) is 5.92 Å².